The average molecular weight is 369 g/mol. The Morgan fingerprint density at radius 1 is 1.18 bits per heavy atom. The van der Waals surface area contributed by atoms with E-state index in [2.05, 4.69) is 58.6 Å². The molecule has 1 atom stereocenters. The molecule has 0 saturated carbocycles. The van der Waals surface area contributed by atoms with Gasteiger partial charge in [-0.3, -0.25) is 4.90 Å². The molecule has 0 radical (unpaired) electrons. The van der Waals surface area contributed by atoms with Crippen LogP contribution in [-0.4, -0.2) is 26.6 Å². The fourth-order valence-electron chi connectivity index (χ4n) is 3.93. The van der Waals surface area contributed by atoms with Crippen molar-refractivity contribution in [2.75, 3.05) is 6.54 Å². The van der Waals surface area contributed by atoms with Gasteiger partial charge < -0.3 is 9.51 Å². The number of fused-ring (bicyclic) bond motifs is 1. The van der Waals surface area contributed by atoms with Crippen molar-refractivity contribution in [3.05, 3.63) is 59.9 Å². The molecule has 4 aromatic rings. The van der Waals surface area contributed by atoms with Gasteiger partial charge in [0.25, 0.3) is 5.89 Å². The summed E-state index contributed by atoms with van der Waals surface area (Å²) in [6, 6.07) is 16.4. The monoisotopic (exact) mass is 369 g/mol. The number of hydrogen-bond donors (Lipinski definition) is 1. The number of para-hydroxylation sites is 1. The molecular formula is C22H19N5O. The van der Waals surface area contributed by atoms with Crippen LogP contribution in [-0.2, 0) is 0 Å². The number of aromatic amines is 1. The normalized spacial score (nSPS) is 16.6. The van der Waals surface area contributed by atoms with Gasteiger partial charge in [0.15, 0.2) is 12.0 Å². The number of hydrogen-bond acceptors (Lipinski definition) is 5. The van der Waals surface area contributed by atoms with Crippen LogP contribution in [0.15, 0.2) is 53.1 Å². The standard InChI is InChI=1S/C22H19N5O/c1-14-5-2-7-16-12-18(24-20(14)16)15-6-3-8-17(11-15)22-25-21(26-28-22)19-9-4-10-27(19)13-23/h2-3,5-8,11-12,19,24H,4,9-10H2,1H3. The Balaban J connectivity index is 1.49. The van der Waals surface area contributed by atoms with Crippen LogP contribution in [0.5, 0.6) is 0 Å². The highest BCUT2D eigenvalue weighted by molar-refractivity contribution is 5.88. The first-order valence-electron chi connectivity index (χ1n) is 9.42. The Labute approximate surface area is 162 Å². The molecule has 5 rings (SSSR count). The Morgan fingerprint density at radius 3 is 2.89 bits per heavy atom. The summed E-state index contributed by atoms with van der Waals surface area (Å²) < 4.78 is 5.52. The highest BCUT2D eigenvalue weighted by Gasteiger charge is 2.29. The van der Waals surface area contributed by atoms with E-state index in [0.717, 1.165) is 41.7 Å². The van der Waals surface area contributed by atoms with E-state index in [-0.39, 0.29) is 6.04 Å². The van der Waals surface area contributed by atoms with E-state index in [1.54, 1.807) is 4.90 Å². The number of H-pyrrole nitrogens is 1. The van der Waals surface area contributed by atoms with Crippen molar-refractivity contribution in [2.45, 2.75) is 25.8 Å². The van der Waals surface area contributed by atoms with E-state index >= 15 is 0 Å². The topological polar surface area (TPSA) is 81.7 Å². The van der Waals surface area contributed by atoms with Gasteiger partial charge in [-0.05, 0) is 49.1 Å². The quantitative estimate of drug-likeness (QED) is 0.524. The first kappa shape index (κ1) is 16.6. The van der Waals surface area contributed by atoms with Crippen molar-refractivity contribution in [3.63, 3.8) is 0 Å². The fraction of sp³-hybridized carbons (Fsp3) is 0.227. The van der Waals surface area contributed by atoms with Crippen LogP contribution in [0, 0.1) is 18.4 Å². The third kappa shape index (κ3) is 2.72. The van der Waals surface area contributed by atoms with Gasteiger partial charge in [0.05, 0.1) is 0 Å². The number of nitrogens with one attached hydrogen (secondary N) is 1. The Kier molecular flexibility index (Phi) is 3.87. The van der Waals surface area contributed by atoms with Crippen molar-refractivity contribution < 1.29 is 4.52 Å². The molecule has 1 fully saturated rings. The van der Waals surface area contributed by atoms with Crippen molar-refractivity contribution >= 4 is 10.9 Å². The number of rotatable bonds is 3. The molecule has 0 spiro atoms. The first-order chi connectivity index (χ1) is 13.7. The molecule has 1 N–H and O–H groups in total. The minimum Gasteiger partial charge on any atom is -0.354 e. The molecule has 1 unspecified atom stereocenters. The predicted molar refractivity (Wildman–Crippen MR) is 106 cm³/mol. The zero-order valence-electron chi connectivity index (χ0n) is 15.5. The van der Waals surface area contributed by atoms with Crippen LogP contribution in [0.2, 0.25) is 0 Å². The van der Waals surface area contributed by atoms with Crippen LogP contribution in [0.4, 0.5) is 0 Å². The van der Waals surface area contributed by atoms with E-state index in [9.17, 15) is 5.26 Å². The van der Waals surface area contributed by atoms with E-state index in [1.807, 2.05) is 18.2 Å². The SMILES string of the molecule is Cc1cccc2cc(-c3cccc(-c4nc(C5CCCN5C#N)no4)c3)[nH]c12. The van der Waals surface area contributed by atoms with Gasteiger partial charge in [-0.15, -0.1) is 0 Å². The number of aryl methyl sites for hydroxylation is 1. The summed E-state index contributed by atoms with van der Waals surface area (Å²) >= 11 is 0. The predicted octanol–water partition coefficient (Wildman–Crippen LogP) is 4.81. The zero-order valence-corrected chi connectivity index (χ0v) is 15.5. The molecule has 138 valence electrons. The molecule has 0 amide bonds. The van der Waals surface area contributed by atoms with Crippen LogP contribution >= 0.6 is 0 Å². The third-order valence-electron chi connectivity index (χ3n) is 5.41. The third-order valence-corrected chi connectivity index (χ3v) is 5.41. The maximum absolute atomic E-state index is 9.25. The molecule has 1 aliphatic rings. The van der Waals surface area contributed by atoms with Crippen molar-refractivity contribution in [3.8, 4) is 28.9 Å². The van der Waals surface area contributed by atoms with Gasteiger partial charge in [-0.1, -0.05) is 35.5 Å². The summed E-state index contributed by atoms with van der Waals surface area (Å²) in [5.41, 5.74) is 5.36. The summed E-state index contributed by atoms with van der Waals surface area (Å²) in [5, 5.41) is 14.6. The summed E-state index contributed by atoms with van der Waals surface area (Å²) in [5.74, 6) is 1.06. The second kappa shape index (κ2) is 6.54. The molecule has 6 heteroatoms. The molecule has 2 aromatic heterocycles. The van der Waals surface area contributed by atoms with Crippen molar-refractivity contribution in [2.24, 2.45) is 0 Å². The molecule has 1 aliphatic heterocycles. The van der Waals surface area contributed by atoms with E-state index in [0.29, 0.717) is 11.7 Å². The Morgan fingerprint density at radius 2 is 2.04 bits per heavy atom. The van der Waals surface area contributed by atoms with Crippen LogP contribution < -0.4 is 0 Å². The van der Waals surface area contributed by atoms with Gasteiger partial charge in [0, 0.05) is 28.7 Å². The lowest BCUT2D eigenvalue weighted by Crippen LogP contribution is -2.17. The summed E-state index contributed by atoms with van der Waals surface area (Å²) in [7, 11) is 0. The molecule has 0 aliphatic carbocycles. The van der Waals surface area contributed by atoms with Gasteiger partial charge in [-0.2, -0.15) is 10.2 Å². The largest absolute Gasteiger partial charge is 0.354 e. The summed E-state index contributed by atoms with van der Waals surface area (Å²) in [4.78, 5) is 9.80. The van der Waals surface area contributed by atoms with Crippen molar-refractivity contribution in [1.29, 1.82) is 5.26 Å². The van der Waals surface area contributed by atoms with Gasteiger partial charge in [-0.25, -0.2) is 0 Å². The number of benzene rings is 2. The van der Waals surface area contributed by atoms with Crippen LogP contribution in [0.1, 0.15) is 30.3 Å². The van der Waals surface area contributed by atoms with E-state index < -0.39 is 0 Å². The van der Waals surface area contributed by atoms with Gasteiger partial charge >= 0.3 is 0 Å². The van der Waals surface area contributed by atoms with E-state index in [1.165, 1.54) is 10.9 Å². The fourth-order valence-corrected chi connectivity index (χ4v) is 3.93. The molecule has 6 nitrogen and oxygen atoms in total. The Bertz CT molecular complexity index is 1200. The smallest absolute Gasteiger partial charge is 0.258 e. The molecule has 28 heavy (non-hydrogen) atoms. The van der Waals surface area contributed by atoms with Gasteiger partial charge in [0.1, 0.15) is 6.04 Å². The lowest BCUT2D eigenvalue weighted by molar-refractivity contribution is 0.339. The lowest BCUT2D eigenvalue weighted by atomic mass is 10.1. The van der Waals surface area contributed by atoms with Crippen LogP contribution in [0.3, 0.4) is 0 Å². The molecule has 1 saturated heterocycles. The second-order valence-corrected chi connectivity index (χ2v) is 7.21. The maximum Gasteiger partial charge on any atom is 0.258 e. The summed E-state index contributed by atoms with van der Waals surface area (Å²) in [6.07, 6.45) is 4.06. The second-order valence-electron chi connectivity index (χ2n) is 7.21. The molecular weight excluding hydrogens is 350 g/mol. The maximum atomic E-state index is 9.25. The van der Waals surface area contributed by atoms with Crippen molar-refractivity contribution in [1.82, 2.24) is 20.0 Å². The number of nitrogens with zero attached hydrogens (tertiary/aromatic N) is 4. The zero-order chi connectivity index (χ0) is 19.1. The van der Waals surface area contributed by atoms with Gasteiger partial charge in [0.2, 0.25) is 0 Å². The van der Waals surface area contributed by atoms with E-state index in [4.69, 9.17) is 4.52 Å². The number of nitriles is 1. The first-order valence-corrected chi connectivity index (χ1v) is 9.42. The molecule has 2 aromatic carbocycles. The molecule has 0 bridgehead atoms. The summed E-state index contributed by atoms with van der Waals surface area (Å²) in [6.45, 7) is 2.85. The lowest BCUT2D eigenvalue weighted by Gasteiger charge is -2.13. The highest BCUT2D eigenvalue weighted by atomic mass is 16.5. The van der Waals surface area contributed by atoms with Crippen LogP contribution in [0.25, 0.3) is 33.6 Å². The average Bonchev–Trinajstić information content (AvgIpc) is 3.46. The minimum absolute atomic E-state index is 0.0811. The molecule has 3 heterocycles. The highest BCUT2D eigenvalue weighted by Crippen LogP contribution is 2.32. The Hall–Kier alpha value is -3.59. The minimum atomic E-state index is -0.0811. The number of aromatic nitrogens is 3. The number of likely N-dealkylation sites (tertiary alicyclic amines) is 1.